The number of alkyl halides is 2. The Morgan fingerprint density at radius 2 is 2.26 bits per heavy atom. The topological polar surface area (TPSA) is 54.0 Å². The summed E-state index contributed by atoms with van der Waals surface area (Å²) in [5.41, 5.74) is 2.89. The first-order chi connectivity index (χ1) is 13.0. The van der Waals surface area contributed by atoms with E-state index < -0.39 is 5.92 Å². The van der Waals surface area contributed by atoms with Crippen LogP contribution in [-0.2, 0) is 11.3 Å². The van der Waals surface area contributed by atoms with E-state index in [-0.39, 0.29) is 24.9 Å². The van der Waals surface area contributed by atoms with Gasteiger partial charge in [0, 0.05) is 30.9 Å². The van der Waals surface area contributed by atoms with Gasteiger partial charge in [0.25, 0.3) is 5.92 Å². The van der Waals surface area contributed by atoms with E-state index in [2.05, 4.69) is 33.3 Å². The molecule has 2 aromatic rings. The average Bonchev–Trinajstić information content (AvgIpc) is 3.07. The van der Waals surface area contributed by atoms with Gasteiger partial charge >= 0.3 is 11.9 Å². The molecule has 0 N–H and O–H groups in total. The first kappa shape index (κ1) is 17.9. The molecule has 0 bridgehead atoms. The summed E-state index contributed by atoms with van der Waals surface area (Å²) in [5, 5.41) is 8.39. The third kappa shape index (κ3) is 4.26. The Balaban J connectivity index is 1.43. The number of hydrogen-bond acceptors (Lipinski definition) is 3. The highest BCUT2D eigenvalue weighted by molar-refractivity contribution is 5.54. The van der Waals surface area contributed by atoms with E-state index in [1.54, 1.807) is 4.68 Å². The molecule has 3 heterocycles. The quantitative estimate of drug-likeness (QED) is 0.779. The highest BCUT2D eigenvalue weighted by Gasteiger charge is 2.44. The van der Waals surface area contributed by atoms with E-state index in [9.17, 15) is 8.78 Å². The van der Waals surface area contributed by atoms with Gasteiger partial charge in [-0.05, 0) is 37.2 Å². The van der Waals surface area contributed by atoms with Crippen molar-refractivity contribution in [1.82, 2.24) is 15.0 Å². The summed E-state index contributed by atoms with van der Waals surface area (Å²) in [7, 11) is 0. The van der Waals surface area contributed by atoms with Gasteiger partial charge in [-0.2, -0.15) is 0 Å². The Bertz CT molecular complexity index is 870. The van der Waals surface area contributed by atoms with Crippen molar-refractivity contribution in [3.63, 3.8) is 0 Å². The fourth-order valence-corrected chi connectivity index (χ4v) is 3.44. The van der Waals surface area contributed by atoms with Crippen LogP contribution in [0.5, 0.6) is 0 Å². The number of hydrogen-bond donors (Lipinski definition) is 0. The van der Waals surface area contributed by atoms with Gasteiger partial charge in [-0.25, -0.2) is 13.5 Å². The van der Waals surface area contributed by atoms with Crippen LogP contribution in [0.2, 0.25) is 0 Å². The minimum Gasteiger partial charge on any atom is -0.376 e. The second-order valence-electron chi connectivity index (χ2n) is 7.36. The lowest BCUT2D eigenvalue weighted by Gasteiger charge is -2.30. The van der Waals surface area contributed by atoms with E-state index in [4.69, 9.17) is 4.74 Å². The molecule has 2 fully saturated rings. The molecule has 1 saturated carbocycles. The van der Waals surface area contributed by atoms with Gasteiger partial charge in [0.1, 0.15) is 0 Å². The van der Waals surface area contributed by atoms with E-state index in [0.29, 0.717) is 23.5 Å². The second-order valence-corrected chi connectivity index (χ2v) is 7.36. The van der Waals surface area contributed by atoms with Crippen molar-refractivity contribution >= 4 is 0 Å². The van der Waals surface area contributed by atoms with Crippen molar-refractivity contribution in [2.75, 3.05) is 6.61 Å². The average molecular weight is 371 g/mol. The maximum atomic E-state index is 12.9. The van der Waals surface area contributed by atoms with Crippen LogP contribution in [0.15, 0.2) is 12.3 Å². The van der Waals surface area contributed by atoms with Crippen LogP contribution in [0, 0.1) is 30.9 Å². The van der Waals surface area contributed by atoms with Gasteiger partial charge in [-0.15, -0.1) is 5.10 Å². The molecule has 1 atom stereocenters. The highest BCUT2D eigenvalue weighted by atomic mass is 19.3. The summed E-state index contributed by atoms with van der Waals surface area (Å²) in [6.45, 7) is 3.41. The summed E-state index contributed by atoms with van der Waals surface area (Å²) >= 11 is 0. The molecule has 7 heteroatoms. The molecule has 1 aliphatic carbocycles. The molecule has 2 aliphatic rings. The summed E-state index contributed by atoms with van der Waals surface area (Å²) in [4.78, 5) is 4.34. The molecule has 4 rings (SSSR count). The molecular weight excluding hydrogens is 350 g/mol. The predicted molar refractivity (Wildman–Crippen MR) is 92.8 cm³/mol. The second kappa shape index (κ2) is 7.25. The highest BCUT2D eigenvalue weighted by Crippen LogP contribution is 2.41. The van der Waals surface area contributed by atoms with Crippen LogP contribution >= 0.6 is 0 Å². The lowest BCUT2D eigenvalue weighted by Crippen LogP contribution is -2.34. The zero-order chi connectivity index (χ0) is 18.9. The lowest BCUT2D eigenvalue weighted by molar-refractivity contribution is -0.281. The van der Waals surface area contributed by atoms with Crippen molar-refractivity contribution < 1.29 is 18.5 Å². The normalized spacial score (nSPS) is 21.7. The molecule has 5 nitrogen and oxygen atoms in total. The van der Waals surface area contributed by atoms with Crippen molar-refractivity contribution in [1.29, 1.82) is 0 Å². The molecule has 0 amide bonds. The number of aromatic nitrogens is 4. The monoisotopic (exact) mass is 371 g/mol. The van der Waals surface area contributed by atoms with Crippen LogP contribution in [0.25, 0.3) is 11.4 Å². The van der Waals surface area contributed by atoms with Crippen LogP contribution in [0.4, 0.5) is 8.78 Å². The maximum absolute atomic E-state index is 12.9. The SMILES string of the molecule is Cc1cc(C#CC2CC(F)(F)C2)c#[n+]c1-c1cn(CC2CCCCO2)nn1. The van der Waals surface area contributed by atoms with Gasteiger partial charge in [0.15, 0.2) is 11.3 Å². The zero-order valence-electron chi connectivity index (χ0n) is 15.2. The minimum absolute atomic E-state index is 0.154. The molecule has 0 radical (unpaired) electrons. The van der Waals surface area contributed by atoms with Crippen LogP contribution in [0.3, 0.4) is 0 Å². The summed E-state index contributed by atoms with van der Waals surface area (Å²) in [5.74, 6) is 3.00. The summed E-state index contributed by atoms with van der Waals surface area (Å²) < 4.78 is 33.2. The van der Waals surface area contributed by atoms with E-state index in [0.717, 1.165) is 25.0 Å². The van der Waals surface area contributed by atoms with E-state index in [1.165, 1.54) is 6.42 Å². The van der Waals surface area contributed by atoms with Gasteiger partial charge in [0.2, 0.25) is 0 Å². The Labute approximate surface area is 157 Å². The predicted octanol–water partition coefficient (Wildman–Crippen LogP) is 2.62. The van der Waals surface area contributed by atoms with Crippen molar-refractivity contribution in [3.8, 4) is 23.2 Å². The summed E-state index contributed by atoms with van der Waals surface area (Å²) in [6, 6.07) is 1.86. The summed E-state index contributed by atoms with van der Waals surface area (Å²) in [6.07, 6.45) is 7.97. The van der Waals surface area contributed by atoms with Gasteiger partial charge < -0.3 is 4.74 Å². The Morgan fingerprint density at radius 1 is 1.41 bits per heavy atom. The standard InChI is InChI=1S/C20H21F2N4O/c1-14-8-15(5-6-16-9-20(21,22)10-16)11-23-19(14)18-13-26(25-24-18)12-17-4-2-3-7-27-17/h8,13,16-17H,2-4,7,9-10,12H2,1H3/q+1. The number of aryl methyl sites for hydroxylation is 1. The molecular formula is C20H21F2N4O+. The molecule has 1 unspecified atom stereocenters. The number of rotatable bonds is 3. The molecule has 27 heavy (non-hydrogen) atoms. The molecule has 0 aromatic carbocycles. The van der Waals surface area contributed by atoms with Crippen molar-refractivity contribution in [2.45, 2.75) is 57.6 Å². The Kier molecular flexibility index (Phi) is 4.80. The molecule has 1 saturated heterocycles. The van der Waals surface area contributed by atoms with Crippen LogP contribution in [-0.4, -0.2) is 33.6 Å². The molecule has 140 valence electrons. The number of halogens is 2. The first-order valence-corrected chi connectivity index (χ1v) is 9.29. The first-order valence-electron chi connectivity index (χ1n) is 9.29. The van der Waals surface area contributed by atoms with Gasteiger partial charge in [0.05, 0.1) is 18.8 Å². The van der Waals surface area contributed by atoms with Gasteiger partial charge in [-0.3, -0.25) is 0 Å². The largest absolute Gasteiger partial charge is 0.376 e. The third-order valence-corrected chi connectivity index (χ3v) is 4.97. The Morgan fingerprint density at radius 3 is 2.96 bits per heavy atom. The maximum Gasteiger partial charge on any atom is 0.372 e. The molecule has 2 aromatic heterocycles. The van der Waals surface area contributed by atoms with E-state index in [1.807, 2.05) is 19.2 Å². The lowest BCUT2D eigenvalue weighted by atomic mass is 9.82. The molecule has 0 spiro atoms. The smallest absolute Gasteiger partial charge is 0.372 e. The van der Waals surface area contributed by atoms with Crippen LogP contribution in [0.1, 0.15) is 43.2 Å². The van der Waals surface area contributed by atoms with Crippen LogP contribution < -0.4 is 4.98 Å². The van der Waals surface area contributed by atoms with Gasteiger partial charge in [-0.1, -0.05) is 17.1 Å². The van der Waals surface area contributed by atoms with Crippen molar-refractivity contribution in [3.05, 3.63) is 29.6 Å². The number of ether oxygens (including phenoxy) is 1. The van der Waals surface area contributed by atoms with E-state index >= 15 is 0 Å². The Hall–Kier alpha value is -2.51. The third-order valence-electron chi connectivity index (χ3n) is 4.97. The fraction of sp³-hybridized carbons (Fsp3) is 0.550. The minimum atomic E-state index is -2.55. The van der Waals surface area contributed by atoms with Crippen molar-refractivity contribution in [2.24, 2.45) is 5.92 Å². The number of nitrogens with zero attached hydrogens (tertiary/aromatic N) is 4. The zero-order valence-corrected chi connectivity index (χ0v) is 15.2. The molecule has 1 aliphatic heterocycles. The fourth-order valence-electron chi connectivity index (χ4n) is 3.44.